The standard InChI is InChI=1S/C14H14ClN/c1-10-3-2-4-12(9-10)14(16)11-5-7-13(15)8-6-11/h2-9,14H,16H2,1H3. The van der Waals surface area contributed by atoms with Gasteiger partial charge in [0.25, 0.3) is 0 Å². The molecule has 0 aliphatic rings. The molecule has 1 nitrogen and oxygen atoms in total. The Labute approximate surface area is 101 Å². The minimum absolute atomic E-state index is 0.0860. The normalized spacial score (nSPS) is 12.4. The van der Waals surface area contributed by atoms with Gasteiger partial charge < -0.3 is 5.73 Å². The van der Waals surface area contributed by atoms with E-state index in [0.717, 1.165) is 16.1 Å². The van der Waals surface area contributed by atoms with Crippen LogP contribution in [0.1, 0.15) is 22.7 Å². The molecule has 2 aromatic rings. The van der Waals surface area contributed by atoms with Gasteiger partial charge in [0.1, 0.15) is 0 Å². The zero-order valence-electron chi connectivity index (χ0n) is 9.15. The van der Waals surface area contributed by atoms with Crippen LogP contribution in [-0.2, 0) is 0 Å². The first-order valence-corrected chi connectivity index (χ1v) is 5.62. The summed E-state index contributed by atoms with van der Waals surface area (Å²) in [5.41, 5.74) is 9.62. The molecule has 82 valence electrons. The molecule has 0 amide bonds. The second-order valence-electron chi connectivity index (χ2n) is 3.94. The first-order valence-electron chi connectivity index (χ1n) is 5.24. The van der Waals surface area contributed by atoms with E-state index in [0.29, 0.717) is 0 Å². The van der Waals surface area contributed by atoms with Crippen LogP contribution in [-0.4, -0.2) is 0 Å². The van der Waals surface area contributed by atoms with Gasteiger partial charge in [0.15, 0.2) is 0 Å². The Kier molecular flexibility index (Phi) is 3.28. The van der Waals surface area contributed by atoms with E-state index in [1.54, 1.807) is 0 Å². The van der Waals surface area contributed by atoms with Crippen molar-refractivity contribution in [2.24, 2.45) is 5.73 Å². The zero-order chi connectivity index (χ0) is 11.5. The van der Waals surface area contributed by atoms with Gasteiger partial charge in [-0.05, 0) is 30.2 Å². The Bertz CT molecular complexity index is 476. The van der Waals surface area contributed by atoms with Crippen LogP contribution in [0.25, 0.3) is 0 Å². The molecule has 2 aromatic carbocycles. The Morgan fingerprint density at radius 3 is 2.31 bits per heavy atom. The second-order valence-corrected chi connectivity index (χ2v) is 4.38. The number of halogens is 1. The summed E-state index contributed by atoms with van der Waals surface area (Å²) in [6, 6.07) is 15.8. The second kappa shape index (κ2) is 4.69. The van der Waals surface area contributed by atoms with Crippen LogP contribution in [0.15, 0.2) is 48.5 Å². The Hall–Kier alpha value is -1.31. The Balaban J connectivity index is 2.31. The lowest BCUT2D eigenvalue weighted by Crippen LogP contribution is -2.11. The van der Waals surface area contributed by atoms with Crippen LogP contribution in [0.4, 0.5) is 0 Å². The summed E-state index contributed by atoms with van der Waals surface area (Å²) in [5, 5.41) is 0.736. The molecule has 0 fully saturated rings. The number of hydrogen-bond donors (Lipinski definition) is 1. The first kappa shape index (κ1) is 11.2. The summed E-state index contributed by atoms with van der Waals surface area (Å²) in [5.74, 6) is 0. The van der Waals surface area contributed by atoms with E-state index in [2.05, 4.69) is 19.1 Å². The van der Waals surface area contributed by atoms with Crippen molar-refractivity contribution in [3.05, 3.63) is 70.2 Å². The highest BCUT2D eigenvalue weighted by molar-refractivity contribution is 6.30. The molecular weight excluding hydrogens is 218 g/mol. The van der Waals surface area contributed by atoms with Gasteiger partial charge in [0.05, 0.1) is 6.04 Å². The third-order valence-electron chi connectivity index (χ3n) is 2.63. The predicted octanol–water partition coefficient (Wildman–Crippen LogP) is 3.70. The molecular formula is C14H14ClN. The van der Waals surface area contributed by atoms with Gasteiger partial charge in [-0.15, -0.1) is 0 Å². The van der Waals surface area contributed by atoms with Crippen molar-refractivity contribution in [3.8, 4) is 0 Å². The van der Waals surface area contributed by atoms with E-state index in [-0.39, 0.29) is 6.04 Å². The van der Waals surface area contributed by atoms with E-state index >= 15 is 0 Å². The summed E-state index contributed by atoms with van der Waals surface area (Å²) < 4.78 is 0. The number of rotatable bonds is 2. The van der Waals surface area contributed by atoms with E-state index in [9.17, 15) is 0 Å². The molecule has 0 bridgehead atoms. The lowest BCUT2D eigenvalue weighted by Gasteiger charge is -2.13. The van der Waals surface area contributed by atoms with E-state index < -0.39 is 0 Å². The quantitative estimate of drug-likeness (QED) is 0.838. The Morgan fingerprint density at radius 1 is 1.00 bits per heavy atom. The molecule has 0 aliphatic carbocycles. The van der Waals surface area contributed by atoms with Crippen molar-refractivity contribution in [2.75, 3.05) is 0 Å². The first-order chi connectivity index (χ1) is 7.66. The molecule has 1 atom stereocenters. The van der Waals surface area contributed by atoms with Crippen molar-refractivity contribution in [1.29, 1.82) is 0 Å². The van der Waals surface area contributed by atoms with Crippen LogP contribution in [0.2, 0.25) is 5.02 Å². The summed E-state index contributed by atoms with van der Waals surface area (Å²) in [7, 11) is 0. The smallest absolute Gasteiger partial charge is 0.0551 e. The lowest BCUT2D eigenvalue weighted by molar-refractivity contribution is 0.870. The van der Waals surface area contributed by atoms with Gasteiger partial charge in [-0.3, -0.25) is 0 Å². The molecule has 2 heteroatoms. The molecule has 0 radical (unpaired) electrons. The number of benzene rings is 2. The molecule has 0 spiro atoms. The molecule has 0 heterocycles. The lowest BCUT2D eigenvalue weighted by atomic mass is 9.98. The van der Waals surface area contributed by atoms with Crippen molar-refractivity contribution >= 4 is 11.6 Å². The highest BCUT2D eigenvalue weighted by atomic mass is 35.5. The summed E-state index contributed by atoms with van der Waals surface area (Å²) >= 11 is 5.85. The van der Waals surface area contributed by atoms with Gasteiger partial charge >= 0.3 is 0 Å². The van der Waals surface area contributed by atoms with Gasteiger partial charge in [0.2, 0.25) is 0 Å². The van der Waals surface area contributed by atoms with Gasteiger partial charge in [0, 0.05) is 5.02 Å². The van der Waals surface area contributed by atoms with Crippen LogP contribution in [0.5, 0.6) is 0 Å². The highest BCUT2D eigenvalue weighted by Crippen LogP contribution is 2.21. The number of nitrogens with two attached hydrogens (primary N) is 1. The predicted molar refractivity (Wildman–Crippen MR) is 68.7 cm³/mol. The molecule has 0 saturated carbocycles. The third-order valence-corrected chi connectivity index (χ3v) is 2.88. The maximum atomic E-state index is 6.19. The fourth-order valence-corrected chi connectivity index (χ4v) is 1.85. The summed E-state index contributed by atoms with van der Waals surface area (Å²) in [6.45, 7) is 2.07. The molecule has 2 rings (SSSR count). The van der Waals surface area contributed by atoms with Crippen LogP contribution >= 0.6 is 11.6 Å². The fraction of sp³-hybridized carbons (Fsp3) is 0.143. The van der Waals surface area contributed by atoms with Gasteiger partial charge in [-0.25, -0.2) is 0 Å². The van der Waals surface area contributed by atoms with E-state index in [1.165, 1.54) is 5.56 Å². The zero-order valence-corrected chi connectivity index (χ0v) is 9.91. The maximum Gasteiger partial charge on any atom is 0.0551 e. The molecule has 0 aliphatic heterocycles. The van der Waals surface area contributed by atoms with Gasteiger partial charge in [-0.1, -0.05) is 53.6 Å². The van der Waals surface area contributed by atoms with Crippen molar-refractivity contribution < 1.29 is 0 Å². The van der Waals surface area contributed by atoms with Crippen molar-refractivity contribution in [1.82, 2.24) is 0 Å². The molecule has 2 N–H and O–H groups in total. The highest BCUT2D eigenvalue weighted by Gasteiger charge is 2.08. The molecule has 16 heavy (non-hydrogen) atoms. The average Bonchev–Trinajstić information content (AvgIpc) is 2.29. The topological polar surface area (TPSA) is 26.0 Å². The minimum atomic E-state index is -0.0860. The largest absolute Gasteiger partial charge is 0.320 e. The molecule has 0 saturated heterocycles. The average molecular weight is 232 g/mol. The monoisotopic (exact) mass is 231 g/mol. The minimum Gasteiger partial charge on any atom is -0.320 e. The van der Waals surface area contributed by atoms with Gasteiger partial charge in [-0.2, -0.15) is 0 Å². The van der Waals surface area contributed by atoms with E-state index in [4.69, 9.17) is 17.3 Å². The fourth-order valence-electron chi connectivity index (χ4n) is 1.73. The third kappa shape index (κ3) is 2.43. The number of aryl methyl sites for hydroxylation is 1. The molecule has 1 unspecified atom stereocenters. The van der Waals surface area contributed by atoms with Crippen molar-refractivity contribution in [3.63, 3.8) is 0 Å². The maximum absolute atomic E-state index is 6.19. The number of hydrogen-bond acceptors (Lipinski definition) is 1. The van der Waals surface area contributed by atoms with E-state index in [1.807, 2.05) is 36.4 Å². The van der Waals surface area contributed by atoms with Crippen LogP contribution in [0, 0.1) is 6.92 Å². The van der Waals surface area contributed by atoms with Crippen LogP contribution in [0.3, 0.4) is 0 Å². The van der Waals surface area contributed by atoms with Crippen molar-refractivity contribution in [2.45, 2.75) is 13.0 Å². The Morgan fingerprint density at radius 2 is 1.69 bits per heavy atom. The SMILES string of the molecule is Cc1cccc(C(N)c2ccc(Cl)cc2)c1. The van der Waals surface area contributed by atoms with Crippen LogP contribution < -0.4 is 5.73 Å². The summed E-state index contributed by atoms with van der Waals surface area (Å²) in [6.07, 6.45) is 0. The summed E-state index contributed by atoms with van der Waals surface area (Å²) in [4.78, 5) is 0. The molecule has 0 aromatic heterocycles.